The van der Waals surface area contributed by atoms with Crippen LogP contribution in [-0.2, 0) is 4.79 Å². The predicted molar refractivity (Wildman–Crippen MR) is 98.3 cm³/mol. The highest BCUT2D eigenvalue weighted by atomic mass is 16.1. The summed E-state index contributed by atoms with van der Waals surface area (Å²) >= 11 is 0. The third-order valence-electron chi connectivity index (χ3n) is 4.27. The van der Waals surface area contributed by atoms with E-state index in [1.807, 2.05) is 6.07 Å². The van der Waals surface area contributed by atoms with Gasteiger partial charge in [-0.05, 0) is 56.0 Å². The maximum absolute atomic E-state index is 12.3. The van der Waals surface area contributed by atoms with Gasteiger partial charge in [-0.1, -0.05) is 6.07 Å². The molecule has 0 saturated heterocycles. The van der Waals surface area contributed by atoms with E-state index in [9.17, 15) is 4.79 Å². The SMILES string of the molecule is C[C@@H](C(=O)N=C(N)/C=C(\N)C1CC1)c1ccn(-c2cccc(C#N)c2)n1. The maximum Gasteiger partial charge on any atom is 0.256 e. The van der Waals surface area contributed by atoms with Gasteiger partial charge in [-0.2, -0.15) is 15.4 Å². The van der Waals surface area contributed by atoms with E-state index in [-0.39, 0.29) is 11.7 Å². The van der Waals surface area contributed by atoms with E-state index in [4.69, 9.17) is 16.7 Å². The monoisotopic (exact) mass is 348 g/mol. The standard InChI is InChI=1S/C19H20N6O/c1-12(19(26)23-18(22)10-16(21)14-5-6-14)17-7-8-25(24-17)15-4-2-3-13(9-15)11-20/h2-4,7-10,12,14H,5-6,21H2,1H3,(H2,22,23,26)/b16-10-/t12-/m1/s1. The van der Waals surface area contributed by atoms with Crippen molar-refractivity contribution in [3.8, 4) is 11.8 Å². The molecule has 1 aliphatic rings. The van der Waals surface area contributed by atoms with Crippen molar-refractivity contribution in [3.05, 3.63) is 59.6 Å². The van der Waals surface area contributed by atoms with Crippen molar-refractivity contribution in [3.63, 3.8) is 0 Å². The van der Waals surface area contributed by atoms with Crippen molar-refractivity contribution in [1.82, 2.24) is 9.78 Å². The molecule has 1 aromatic carbocycles. The Hall–Kier alpha value is -3.40. The molecule has 1 saturated carbocycles. The van der Waals surface area contributed by atoms with Gasteiger partial charge in [0.15, 0.2) is 0 Å². The number of hydrogen-bond acceptors (Lipinski definition) is 4. The Morgan fingerprint density at radius 1 is 1.42 bits per heavy atom. The minimum absolute atomic E-state index is 0.118. The molecule has 26 heavy (non-hydrogen) atoms. The fourth-order valence-electron chi connectivity index (χ4n) is 2.52. The van der Waals surface area contributed by atoms with Gasteiger partial charge in [0, 0.05) is 11.9 Å². The number of aliphatic imine (C=N–C) groups is 1. The number of amidine groups is 1. The van der Waals surface area contributed by atoms with Crippen molar-refractivity contribution in [1.29, 1.82) is 5.26 Å². The van der Waals surface area contributed by atoms with Crippen LogP contribution >= 0.6 is 0 Å². The van der Waals surface area contributed by atoms with Crippen LogP contribution in [0, 0.1) is 17.2 Å². The van der Waals surface area contributed by atoms with Gasteiger partial charge in [0.2, 0.25) is 0 Å². The molecule has 1 atom stereocenters. The number of nitrogens with two attached hydrogens (primary N) is 2. The van der Waals surface area contributed by atoms with Crippen LogP contribution in [-0.4, -0.2) is 21.5 Å². The Kier molecular flexibility index (Phi) is 4.85. The van der Waals surface area contributed by atoms with E-state index in [1.54, 1.807) is 48.1 Å². The number of nitriles is 1. The van der Waals surface area contributed by atoms with Gasteiger partial charge in [0.25, 0.3) is 5.91 Å². The summed E-state index contributed by atoms with van der Waals surface area (Å²) in [5.41, 5.74) is 14.2. The lowest BCUT2D eigenvalue weighted by molar-refractivity contribution is -0.118. The van der Waals surface area contributed by atoms with Crippen LogP contribution in [0.2, 0.25) is 0 Å². The smallest absolute Gasteiger partial charge is 0.256 e. The second-order valence-corrected chi connectivity index (χ2v) is 6.36. The van der Waals surface area contributed by atoms with Crippen molar-refractivity contribution in [2.24, 2.45) is 22.4 Å². The summed E-state index contributed by atoms with van der Waals surface area (Å²) in [6.07, 6.45) is 5.43. The van der Waals surface area contributed by atoms with Crippen LogP contribution in [0.25, 0.3) is 5.69 Å². The number of carbonyl (C=O) groups excluding carboxylic acids is 1. The first-order valence-corrected chi connectivity index (χ1v) is 8.39. The van der Waals surface area contributed by atoms with Gasteiger partial charge in [-0.3, -0.25) is 4.79 Å². The van der Waals surface area contributed by atoms with E-state index in [1.165, 1.54) is 0 Å². The predicted octanol–water partition coefficient (Wildman–Crippen LogP) is 1.98. The van der Waals surface area contributed by atoms with Gasteiger partial charge in [0.05, 0.1) is 28.9 Å². The highest BCUT2D eigenvalue weighted by Crippen LogP contribution is 2.33. The summed E-state index contributed by atoms with van der Waals surface area (Å²) < 4.78 is 1.62. The molecule has 7 heteroatoms. The molecular formula is C19H20N6O. The number of rotatable bonds is 5. The number of aromatic nitrogens is 2. The first kappa shape index (κ1) is 17.4. The first-order chi connectivity index (χ1) is 12.5. The number of benzene rings is 1. The third-order valence-corrected chi connectivity index (χ3v) is 4.27. The summed E-state index contributed by atoms with van der Waals surface area (Å²) in [6.45, 7) is 1.73. The molecular weight excluding hydrogens is 328 g/mol. The van der Waals surface area contributed by atoms with Crippen LogP contribution in [0.5, 0.6) is 0 Å². The average Bonchev–Trinajstić information content (AvgIpc) is 3.38. The summed E-state index contributed by atoms with van der Waals surface area (Å²) in [5, 5.41) is 13.4. The fourth-order valence-corrected chi connectivity index (χ4v) is 2.52. The number of hydrogen-bond donors (Lipinski definition) is 2. The third kappa shape index (κ3) is 3.98. The lowest BCUT2D eigenvalue weighted by atomic mass is 10.1. The van der Waals surface area contributed by atoms with E-state index < -0.39 is 5.92 Å². The molecule has 0 spiro atoms. The van der Waals surface area contributed by atoms with E-state index >= 15 is 0 Å². The molecule has 1 aliphatic carbocycles. The molecule has 0 unspecified atom stereocenters. The molecule has 7 nitrogen and oxygen atoms in total. The Morgan fingerprint density at radius 3 is 2.88 bits per heavy atom. The van der Waals surface area contributed by atoms with Crippen LogP contribution in [0.3, 0.4) is 0 Å². The van der Waals surface area contributed by atoms with Crippen LogP contribution in [0.15, 0.2) is 53.3 Å². The van der Waals surface area contributed by atoms with E-state index in [2.05, 4.69) is 16.2 Å². The molecule has 1 heterocycles. The number of nitrogens with zero attached hydrogens (tertiary/aromatic N) is 4. The summed E-state index contributed by atoms with van der Waals surface area (Å²) in [4.78, 5) is 16.3. The van der Waals surface area contributed by atoms with Crippen LogP contribution < -0.4 is 11.5 Å². The minimum atomic E-state index is -0.538. The largest absolute Gasteiger partial charge is 0.402 e. The van der Waals surface area contributed by atoms with Crippen molar-refractivity contribution >= 4 is 11.7 Å². The van der Waals surface area contributed by atoms with Crippen LogP contribution in [0.1, 0.15) is 36.9 Å². The quantitative estimate of drug-likeness (QED) is 0.632. The zero-order chi connectivity index (χ0) is 18.7. The normalized spacial score (nSPS) is 16.2. The summed E-state index contributed by atoms with van der Waals surface area (Å²) in [6, 6.07) is 10.9. The Morgan fingerprint density at radius 2 is 2.19 bits per heavy atom. The zero-order valence-corrected chi connectivity index (χ0v) is 14.5. The fraction of sp³-hybridized carbons (Fsp3) is 0.263. The molecule has 1 aromatic heterocycles. The second kappa shape index (κ2) is 7.23. The van der Waals surface area contributed by atoms with Gasteiger partial charge in [0.1, 0.15) is 5.84 Å². The van der Waals surface area contributed by atoms with E-state index in [0.717, 1.165) is 18.5 Å². The summed E-state index contributed by atoms with van der Waals surface area (Å²) in [5.74, 6) is -0.425. The highest BCUT2D eigenvalue weighted by Gasteiger charge is 2.24. The Balaban J connectivity index is 1.74. The van der Waals surface area contributed by atoms with Crippen molar-refractivity contribution in [2.75, 3.05) is 0 Å². The Labute approximate surface area is 151 Å². The summed E-state index contributed by atoms with van der Waals surface area (Å²) in [7, 11) is 0. The second-order valence-electron chi connectivity index (χ2n) is 6.36. The van der Waals surface area contributed by atoms with Gasteiger partial charge >= 0.3 is 0 Å². The Bertz CT molecular complexity index is 930. The first-order valence-electron chi connectivity index (χ1n) is 8.39. The lowest BCUT2D eigenvalue weighted by Gasteiger charge is -2.05. The molecule has 0 bridgehead atoms. The maximum atomic E-state index is 12.3. The lowest BCUT2D eigenvalue weighted by Crippen LogP contribution is -2.17. The van der Waals surface area contributed by atoms with Gasteiger partial charge < -0.3 is 11.5 Å². The molecule has 0 radical (unpaired) electrons. The number of amides is 1. The molecule has 2 aromatic rings. The van der Waals surface area contributed by atoms with Crippen LogP contribution in [0.4, 0.5) is 0 Å². The molecule has 3 rings (SSSR count). The minimum Gasteiger partial charge on any atom is -0.402 e. The van der Waals surface area contributed by atoms with E-state index in [0.29, 0.717) is 22.9 Å². The van der Waals surface area contributed by atoms with Crippen molar-refractivity contribution in [2.45, 2.75) is 25.7 Å². The van der Waals surface area contributed by atoms with Crippen molar-refractivity contribution < 1.29 is 4.79 Å². The highest BCUT2D eigenvalue weighted by molar-refractivity contribution is 6.01. The zero-order valence-electron chi connectivity index (χ0n) is 14.5. The molecule has 132 valence electrons. The number of carbonyl (C=O) groups is 1. The molecule has 1 amide bonds. The molecule has 1 fully saturated rings. The van der Waals surface area contributed by atoms with Gasteiger partial charge in [-0.15, -0.1) is 0 Å². The van der Waals surface area contributed by atoms with Gasteiger partial charge in [-0.25, -0.2) is 4.68 Å². The molecule has 4 N–H and O–H groups in total. The number of allylic oxidation sites excluding steroid dienone is 1. The molecule has 0 aliphatic heterocycles. The topological polar surface area (TPSA) is 123 Å². The average molecular weight is 348 g/mol.